The summed E-state index contributed by atoms with van der Waals surface area (Å²) in [5.41, 5.74) is 0. The Hall–Kier alpha value is -1.15. The molecular weight excluding hydrogens is 321 g/mol. The largest absolute Gasteiger partial charge is 0.445 e. The lowest BCUT2D eigenvalue weighted by Crippen LogP contribution is -2.03. The SMILES string of the molecule is FC(F)(F)c1nnc(Oc2ccc(Br)cc2)s1. The van der Waals surface area contributed by atoms with Gasteiger partial charge in [-0.3, -0.25) is 0 Å². The molecule has 1 aromatic heterocycles. The van der Waals surface area contributed by atoms with Gasteiger partial charge in [0.05, 0.1) is 0 Å². The molecule has 0 aliphatic rings. The highest BCUT2D eigenvalue weighted by molar-refractivity contribution is 9.10. The van der Waals surface area contributed by atoms with Crippen LogP contribution in [-0.2, 0) is 6.18 Å². The van der Waals surface area contributed by atoms with E-state index in [-0.39, 0.29) is 5.19 Å². The molecule has 90 valence electrons. The first-order valence-corrected chi connectivity index (χ1v) is 5.90. The predicted octanol–water partition coefficient (Wildman–Crippen LogP) is 4.11. The Bertz CT molecular complexity index is 512. The molecule has 2 aromatic rings. The van der Waals surface area contributed by atoms with Crippen LogP contribution in [0.4, 0.5) is 13.2 Å². The van der Waals surface area contributed by atoms with Gasteiger partial charge in [0.2, 0.25) is 5.01 Å². The zero-order chi connectivity index (χ0) is 12.5. The number of hydrogen-bond acceptors (Lipinski definition) is 4. The van der Waals surface area contributed by atoms with Crippen molar-refractivity contribution in [1.29, 1.82) is 0 Å². The van der Waals surface area contributed by atoms with Crippen LogP contribution in [-0.4, -0.2) is 10.2 Å². The van der Waals surface area contributed by atoms with Crippen LogP contribution in [0.2, 0.25) is 0 Å². The average molecular weight is 325 g/mol. The molecule has 2 rings (SSSR count). The lowest BCUT2D eigenvalue weighted by Gasteiger charge is -2.00. The van der Waals surface area contributed by atoms with Crippen LogP contribution in [0.1, 0.15) is 5.01 Å². The van der Waals surface area contributed by atoms with Crippen LogP contribution in [0.3, 0.4) is 0 Å². The van der Waals surface area contributed by atoms with E-state index in [1.165, 1.54) is 0 Å². The van der Waals surface area contributed by atoms with Crippen LogP contribution in [0.25, 0.3) is 0 Å². The Morgan fingerprint density at radius 2 is 1.76 bits per heavy atom. The summed E-state index contributed by atoms with van der Waals surface area (Å²) < 4.78 is 42.7. The molecular formula is C9H4BrF3N2OS. The van der Waals surface area contributed by atoms with Crippen molar-refractivity contribution in [3.8, 4) is 10.9 Å². The zero-order valence-electron chi connectivity index (χ0n) is 8.03. The smallest absolute Gasteiger partial charge is 0.430 e. The molecule has 0 spiro atoms. The van der Waals surface area contributed by atoms with Gasteiger partial charge >= 0.3 is 6.18 Å². The molecule has 1 heterocycles. The van der Waals surface area contributed by atoms with E-state index in [0.717, 1.165) is 4.47 Å². The molecule has 0 atom stereocenters. The highest BCUT2D eigenvalue weighted by Gasteiger charge is 2.36. The van der Waals surface area contributed by atoms with Gasteiger partial charge in [-0.2, -0.15) is 13.2 Å². The summed E-state index contributed by atoms with van der Waals surface area (Å²) in [6, 6.07) is 6.64. The van der Waals surface area contributed by atoms with Crippen LogP contribution in [0.5, 0.6) is 10.9 Å². The van der Waals surface area contributed by atoms with E-state index < -0.39 is 11.2 Å². The maximum atomic E-state index is 12.2. The van der Waals surface area contributed by atoms with Crippen molar-refractivity contribution < 1.29 is 17.9 Å². The number of benzene rings is 1. The van der Waals surface area contributed by atoms with Crippen molar-refractivity contribution in [2.75, 3.05) is 0 Å². The average Bonchev–Trinajstić information content (AvgIpc) is 2.69. The van der Waals surface area contributed by atoms with Gasteiger partial charge in [-0.05, 0) is 24.3 Å². The number of alkyl halides is 3. The molecule has 3 nitrogen and oxygen atoms in total. The van der Waals surface area contributed by atoms with Gasteiger partial charge in [0, 0.05) is 4.47 Å². The van der Waals surface area contributed by atoms with Gasteiger partial charge < -0.3 is 4.74 Å². The molecule has 0 amide bonds. The molecule has 0 fully saturated rings. The molecule has 0 N–H and O–H groups in total. The summed E-state index contributed by atoms with van der Waals surface area (Å²) in [4.78, 5) is 0. The quantitative estimate of drug-likeness (QED) is 0.833. The molecule has 0 aliphatic heterocycles. The third kappa shape index (κ3) is 3.16. The van der Waals surface area contributed by atoms with Gasteiger partial charge in [0.15, 0.2) is 0 Å². The van der Waals surface area contributed by atoms with Crippen LogP contribution in [0.15, 0.2) is 28.7 Å². The highest BCUT2D eigenvalue weighted by Crippen LogP contribution is 2.35. The maximum absolute atomic E-state index is 12.2. The highest BCUT2D eigenvalue weighted by atomic mass is 79.9. The van der Waals surface area contributed by atoms with Crippen molar-refractivity contribution in [1.82, 2.24) is 10.2 Å². The van der Waals surface area contributed by atoms with Crippen LogP contribution >= 0.6 is 27.3 Å². The zero-order valence-corrected chi connectivity index (χ0v) is 10.4. The van der Waals surface area contributed by atoms with E-state index in [1.54, 1.807) is 24.3 Å². The summed E-state index contributed by atoms with van der Waals surface area (Å²) in [7, 11) is 0. The van der Waals surface area contributed by atoms with Gasteiger partial charge in [-0.25, -0.2) is 0 Å². The number of hydrogen-bond donors (Lipinski definition) is 0. The molecule has 17 heavy (non-hydrogen) atoms. The predicted molar refractivity (Wildman–Crippen MR) is 59.1 cm³/mol. The molecule has 0 radical (unpaired) electrons. The van der Waals surface area contributed by atoms with E-state index in [9.17, 15) is 13.2 Å². The first-order chi connectivity index (χ1) is 7.95. The van der Waals surface area contributed by atoms with Crippen molar-refractivity contribution in [3.05, 3.63) is 33.7 Å². The van der Waals surface area contributed by atoms with Crippen molar-refractivity contribution in [2.24, 2.45) is 0 Å². The Morgan fingerprint density at radius 3 is 2.29 bits per heavy atom. The number of rotatable bonds is 2. The van der Waals surface area contributed by atoms with Crippen LogP contribution < -0.4 is 4.74 Å². The maximum Gasteiger partial charge on any atom is 0.445 e. The van der Waals surface area contributed by atoms with Gasteiger partial charge in [-0.15, -0.1) is 5.10 Å². The standard InChI is InChI=1S/C9H4BrF3N2OS/c10-5-1-3-6(4-2-5)16-8-15-14-7(17-8)9(11,12)13/h1-4H. The van der Waals surface area contributed by atoms with E-state index in [4.69, 9.17) is 4.74 Å². The second kappa shape index (κ2) is 4.61. The number of halogens is 4. The number of aromatic nitrogens is 2. The lowest BCUT2D eigenvalue weighted by atomic mass is 10.3. The Morgan fingerprint density at radius 1 is 1.12 bits per heavy atom. The summed E-state index contributed by atoms with van der Waals surface area (Å²) in [5, 5.41) is 5.16. The van der Waals surface area contributed by atoms with E-state index in [2.05, 4.69) is 26.1 Å². The number of nitrogens with zero attached hydrogens (tertiary/aromatic N) is 2. The molecule has 0 aliphatic carbocycles. The molecule has 0 saturated carbocycles. The Labute approximate surface area is 106 Å². The molecule has 0 bridgehead atoms. The third-order valence-electron chi connectivity index (χ3n) is 1.67. The van der Waals surface area contributed by atoms with Gasteiger partial charge in [0.1, 0.15) is 5.75 Å². The molecule has 0 unspecified atom stereocenters. The second-order valence-electron chi connectivity index (χ2n) is 2.93. The minimum absolute atomic E-state index is 0.139. The van der Waals surface area contributed by atoms with E-state index >= 15 is 0 Å². The molecule has 0 saturated heterocycles. The topological polar surface area (TPSA) is 35.0 Å². The minimum Gasteiger partial charge on any atom is -0.430 e. The van der Waals surface area contributed by atoms with E-state index in [1.807, 2.05) is 0 Å². The first-order valence-electron chi connectivity index (χ1n) is 4.29. The monoisotopic (exact) mass is 324 g/mol. The fourth-order valence-corrected chi connectivity index (χ4v) is 1.82. The number of ether oxygens (including phenoxy) is 1. The van der Waals surface area contributed by atoms with Crippen molar-refractivity contribution >= 4 is 27.3 Å². The van der Waals surface area contributed by atoms with E-state index in [0.29, 0.717) is 17.1 Å². The summed E-state index contributed by atoms with van der Waals surface area (Å²) >= 11 is 3.59. The summed E-state index contributed by atoms with van der Waals surface area (Å²) in [6.45, 7) is 0. The van der Waals surface area contributed by atoms with Crippen molar-refractivity contribution in [2.45, 2.75) is 6.18 Å². The fourth-order valence-electron chi connectivity index (χ4n) is 0.969. The summed E-state index contributed by atoms with van der Waals surface area (Å²) in [6.07, 6.45) is -4.49. The lowest BCUT2D eigenvalue weighted by molar-refractivity contribution is -0.138. The summed E-state index contributed by atoms with van der Waals surface area (Å²) in [5.74, 6) is 0.401. The Kier molecular flexibility index (Phi) is 3.34. The minimum atomic E-state index is -4.49. The van der Waals surface area contributed by atoms with Gasteiger partial charge in [-0.1, -0.05) is 32.4 Å². The fraction of sp³-hybridized carbons (Fsp3) is 0.111. The Balaban J connectivity index is 2.14. The van der Waals surface area contributed by atoms with Crippen molar-refractivity contribution in [3.63, 3.8) is 0 Å². The van der Waals surface area contributed by atoms with Crippen LogP contribution in [0, 0.1) is 0 Å². The normalized spacial score (nSPS) is 11.5. The molecule has 8 heteroatoms. The van der Waals surface area contributed by atoms with Gasteiger partial charge in [0.25, 0.3) is 5.19 Å². The second-order valence-corrected chi connectivity index (χ2v) is 4.78. The third-order valence-corrected chi connectivity index (χ3v) is 3.04. The molecule has 1 aromatic carbocycles. The first kappa shape index (κ1) is 12.3.